The zero-order chi connectivity index (χ0) is 13.2. The van der Waals surface area contributed by atoms with Gasteiger partial charge in [-0.2, -0.15) is 0 Å². The van der Waals surface area contributed by atoms with Gasteiger partial charge in [0, 0.05) is 0 Å². The third kappa shape index (κ3) is 2.27. The number of carbonyl (C=O) groups excluding carboxylic acids is 1. The van der Waals surface area contributed by atoms with E-state index in [1.807, 2.05) is 6.92 Å². The molecule has 0 atom stereocenters. The molecule has 0 aliphatic heterocycles. The van der Waals surface area contributed by atoms with Gasteiger partial charge in [0.2, 0.25) is 0 Å². The van der Waals surface area contributed by atoms with Gasteiger partial charge in [0.25, 0.3) is 5.91 Å². The normalized spacial score (nSPS) is 17.9. The second kappa shape index (κ2) is 5.10. The van der Waals surface area contributed by atoms with Crippen LogP contribution in [0.3, 0.4) is 0 Å². The maximum absolute atomic E-state index is 12.3. The van der Waals surface area contributed by atoms with Gasteiger partial charge in [-0.15, -0.1) is 0 Å². The first-order valence-electron chi connectivity index (χ1n) is 6.50. The molecule has 5 nitrogen and oxygen atoms in total. The molecule has 0 spiro atoms. The summed E-state index contributed by atoms with van der Waals surface area (Å²) in [4.78, 5) is 12.3. The van der Waals surface area contributed by atoms with Crippen molar-refractivity contribution in [2.45, 2.75) is 51.5 Å². The zero-order valence-corrected chi connectivity index (χ0v) is 11.0. The van der Waals surface area contributed by atoms with Crippen LogP contribution in [-0.2, 0) is 6.42 Å². The van der Waals surface area contributed by atoms with E-state index in [0.717, 1.165) is 25.7 Å². The number of hydrogen-bond donors (Lipinski definition) is 2. The van der Waals surface area contributed by atoms with Crippen molar-refractivity contribution in [2.24, 2.45) is 0 Å². The quantitative estimate of drug-likeness (QED) is 0.853. The molecule has 2 rings (SSSR count). The van der Waals surface area contributed by atoms with Crippen LogP contribution >= 0.6 is 0 Å². The van der Waals surface area contributed by atoms with E-state index in [1.54, 1.807) is 6.92 Å². The number of carbonyl (C=O) groups is 1. The lowest BCUT2D eigenvalue weighted by Gasteiger charge is -2.27. The van der Waals surface area contributed by atoms with Gasteiger partial charge in [-0.1, -0.05) is 24.9 Å². The molecular formula is C13H20N2O3. The van der Waals surface area contributed by atoms with Crippen molar-refractivity contribution in [3.63, 3.8) is 0 Å². The van der Waals surface area contributed by atoms with E-state index in [2.05, 4.69) is 10.5 Å². The lowest BCUT2D eigenvalue weighted by atomic mass is 9.98. The molecule has 1 amide bonds. The van der Waals surface area contributed by atoms with Crippen LogP contribution in [0.15, 0.2) is 4.52 Å². The molecule has 18 heavy (non-hydrogen) atoms. The fraction of sp³-hybridized carbons (Fsp3) is 0.692. The van der Waals surface area contributed by atoms with Crippen LogP contribution in [0.4, 0.5) is 0 Å². The van der Waals surface area contributed by atoms with Crippen molar-refractivity contribution in [1.29, 1.82) is 0 Å². The minimum absolute atomic E-state index is 0.00940. The van der Waals surface area contributed by atoms with E-state index < -0.39 is 5.54 Å². The van der Waals surface area contributed by atoms with Gasteiger partial charge < -0.3 is 14.9 Å². The number of aliphatic hydroxyl groups is 1. The van der Waals surface area contributed by atoms with Gasteiger partial charge in [0.15, 0.2) is 0 Å². The molecule has 1 aromatic rings. The summed E-state index contributed by atoms with van der Waals surface area (Å²) in [5.74, 6) is 0.358. The van der Waals surface area contributed by atoms with Crippen molar-refractivity contribution < 1.29 is 14.4 Å². The van der Waals surface area contributed by atoms with Crippen LogP contribution in [0.5, 0.6) is 0 Å². The van der Waals surface area contributed by atoms with Crippen molar-refractivity contribution in [1.82, 2.24) is 10.5 Å². The molecule has 1 aliphatic carbocycles. The Morgan fingerprint density at radius 3 is 2.72 bits per heavy atom. The topological polar surface area (TPSA) is 75.4 Å². The highest BCUT2D eigenvalue weighted by molar-refractivity contribution is 5.96. The maximum Gasteiger partial charge on any atom is 0.257 e. The van der Waals surface area contributed by atoms with Crippen LogP contribution < -0.4 is 5.32 Å². The Hall–Kier alpha value is -1.36. The van der Waals surface area contributed by atoms with Crippen molar-refractivity contribution in [2.75, 3.05) is 6.61 Å². The molecule has 0 radical (unpaired) electrons. The summed E-state index contributed by atoms with van der Waals surface area (Å²) >= 11 is 0. The molecular weight excluding hydrogens is 232 g/mol. The predicted octanol–water partition coefficient (Wildman–Crippen LogP) is 1.58. The number of nitrogens with one attached hydrogen (secondary N) is 1. The molecule has 1 aliphatic rings. The van der Waals surface area contributed by atoms with Gasteiger partial charge in [-0.25, -0.2) is 0 Å². The predicted molar refractivity (Wildman–Crippen MR) is 66.4 cm³/mol. The lowest BCUT2D eigenvalue weighted by Crippen LogP contribution is -2.49. The number of rotatable bonds is 4. The summed E-state index contributed by atoms with van der Waals surface area (Å²) < 4.78 is 5.07. The fourth-order valence-corrected chi connectivity index (χ4v) is 2.63. The van der Waals surface area contributed by atoms with Gasteiger partial charge in [0.05, 0.1) is 17.8 Å². The Kier molecular flexibility index (Phi) is 3.71. The van der Waals surface area contributed by atoms with E-state index in [-0.39, 0.29) is 12.5 Å². The van der Waals surface area contributed by atoms with Gasteiger partial charge >= 0.3 is 0 Å². The Balaban J connectivity index is 2.18. The Morgan fingerprint density at radius 2 is 2.17 bits per heavy atom. The molecule has 0 unspecified atom stereocenters. The average molecular weight is 252 g/mol. The van der Waals surface area contributed by atoms with E-state index in [0.29, 0.717) is 23.4 Å². The minimum atomic E-state index is -0.453. The van der Waals surface area contributed by atoms with E-state index in [9.17, 15) is 9.90 Å². The first-order chi connectivity index (χ1) is 8.62. The number of hydrogen-bond acceptors (Lipinski definition) is 4. The smallest absolute Gasteiger partial charge is 0.257 e. The van der Waals surface area contributed by atoms with Gasteiger partial charge in [-0.3, -0.25) is 4.79 Å². The first kappa shape index (κ1) is 13.1. The first-order valence-corrected chi connectivity index (χ1v) is 6.50. The number of aliphatic hydroxyl groups excluding tert-OH is 1. The molecule has 0 bridgehead atoms. The minimum Gasteiger partial charge on any atom is -0.394 e. The highest BCUT2D eigenvalue weighted by Crippen LogP contribution is 2.29. The molecule has 1 saturated carbocycles. The second-order valence-electron chi connectivity index (χ2n) is 5.01. The largest absolute Gasteiger partial charge is 0.394 e. The standard InChI is InChI=1S/C13H20N2O3/c1-3-10-11(9(2)18-15-10)12(17)14-13(8-16)6-4-5-7-13/h16H,3-8H2,1-2H3,(H,14,17). The van der Waals surface area contributed by atoms with E-state index in [4.69, 9.17) is 4.52 Å². The summed E-state index contributed by atoms with van der Waals surface area (Å²) in [6.07, 6.45) is 4.42. The summed E-state index contributed by atoms with van der Waals surface area (Å²) in [5, 5.41) is 16.4. The van der Waals surface area contributed by atoms with Crippen molar-refractivity contribution in [3.8, 4) is 0 Å². The monoisotopic (exact) mass is 252 g/mol. The Bertz CT molecular complexity index is 433. The molecule has 1 heterocycles. The summed E-state index contributed by atoms with van der Waals surface area (Å²) in [5.41, 5.74) is 0.750. The van der Waals surface area contributed by atoms with Crippen LogP contribution in [0, 0.1) is 6.92 Å². The summed E-state index contributed by atoms with van der Waals surface area (Å²) in [6, 6.07) is 0. The highest BCUT2D eigenvalue weighted by Gasteiger charge is 2.36. The molecule has 5 heteroatoms. The van der Waals surface area contributed by atoms with Gasteiger partial charge in [-0.05, 0) is 26.2 Å². The van der Waals surface area contributed by atoms with Crippen LogP contribution in [0.1, 0.15) is 54.4 Å². The van der Waals surface area contributed by atoms with Crippen LogP contribution in [-0.4, -0.2) is 28.3 Å². The third-order valence-corrected chi connectivity index (χ3v) is 3.74. The molecule has 1 aromatic heterocycles. The lowest BCUT2D eigenvalue weighted by molar-refractivity contribution is 0.0836. The number of amides is 1. The Morgan fingerprint density at radius 1 is 1.50 bits per heavy atom. The SMILES string of the molecule is CCc1noc(C)c1C(=O)NC1(CO)CCCC1. The average Bonchev–Trinajstić information content (AvgIpc) is 2.96. The van der Waals surface area contributed by atoms with Crippen molar-refractivity contribution in [3.05, 3.63) is 17.0 Å². The van der Waals surface area contributed by atoms with E-state index >= 15 is 0 Å². The molecule has 2 N–H and O–H groups in total. The fourth-order valence-electron chi connectivity index (χ4n) is 2.63. The third-order valence-electron chi connectivity index (χ3n) is 3.74. The molecule has 100 valence electrons. The second-order valence-corrected chi connectivity index (χ2v) is 5.01. The number of aryl methyl sites for hydroxylation is 2. The number of aromatic nitrogens is 1. The van der Waals surface area contributed by atoms with Gasteiger partial charge in [0.1, 0.15) is 11.3 Å². The Labute approximate surface area is 107 Å². The summed E-state index contributed by atoms with van der Waals surface area (Å²) in [6.45, 7) is 3.66. The molecule has 1 fully saturated rings. The van der Waals surface area contributed by atoms with Crippen molar-refractivity contribution >= 4 is 5.91 Å². The summed E-state index contributed by atoms with van der Waals surface area (Å²) in [7, 11) is 0. The molecule has 0 saturated heterocycles. The van der Waals surface area contributed by atoms with Crippen LogP contribution in [0.25, 0.3) is 0 Å². The molecule has 0 aromatic carbocycles. The number of nitrogens with zero attached hydrogens (tertiary/aromatic N) is 1. The zero-order valence-electron chi connectivity index (χ0n) is 11.0. The van der Waals surface area contributed by atoms with Crippen LogP contribution in [0.2, 0.25) is 0 Å². The highest BCUT2D eigenvalue weighted by atomic mass is 16.5. The maximum atomic E-state index is 12.3. The van der Waals surface area contributed by atoms with E-state index in [1.165, 1.54) is 0 Å².